The van der Waals surface area contributed by atoms with Crippen molar-refractivity contribution >= 4 is 12.0 Å². The van der Waals surface area contributed by atoms with E-state index in [1.165, 1.54) is 21.9 Å². The molecule has 1 atom stereocenters. The van der Waals surface area contributed by atoms with Gasteiger partial charge in [0.2, 0.25) is 0 Å². The average molecular weight is 354 g/mol. The Kier molecular flexibility index (Phi) is 5.61. The molecular weight excluding hydrogens is 334 g/mol. The maximum atomic E-state index is 12.4. The standard InChI is InChI=1S/C17H20F2N2O4/c1-5-24-15(22)13-10(2)20(3)17(23)21(4)14(13)11-6-8-12(9-7-11)25-16(18)19/h6-9,14,16H,5H2,1-4H3/t14-/m0/s1. The number of carbonyl (C=O) groups excluding carboxylic acids is 2. The fraction of sp³-hybridized carbons (Fsp3) is 0.412. The Morgan fingerprint density at radius 2 is 1.84 bits per heavy atom. The number of ether oxygens (including phenoxy) is 2. The van der Waals surface area contributed by atoms with Crippen molar-refractivity contribution < 1.29 is 27.8 Å². The molecule has 0 N–H and O–H groups in total. The van der Waals surface area contributed by atoms with Crippen molar-refractivity contribution in [2.45, 2.75) is 26.5 Å². The summed E-state index contributed by atoms with van der Waals surface area (Å²) in [6, 6.07) is 4.87. The molecule has 0 saturated heterocycles. The monoisotopic (exact) mass is 354 g/mol. The van der Waals surface area contributed by atoms with Gasteiger partial charge in [0.15, 0.2) is 0 Å². The minimum atomic E-state index is -2.92. The molecule has 2 amide bonds. The number of carbonyl (C=O) groups is 2. The highest BCUT2D eigenvalue weighted by Crippen LogP contribution is 2.36. The molecule has 0 spiro atoms. The molecule has 1 heterocycles. The van der Waals surface area contributed by atoms with Gasteiger partial charge < -0.3 is 19.3 Å². The predicted octanol–water partition coefficient (Wildman–Crippen LogP) is 3.16. The van der Waals surface area contributed by atoms with Crippen LogP contribution in [0, 0.1) is 0 Å². The van der Waals surface area contributed by atoms with Crippen LogP contribution in [0.1, 0.15) is 25.5 Å². The van der Waals surface area contributed by atoms with E-state index in [1.807, 2.05) is 0 Å². The second kappa shape index (κ2) is 7.50. The van der Waals surface area contributed by atoms with Crippen LogP contribution in [0.4, 0.5) is 13.6 Å². The Bertz CT molecular complexity index is 688. The van der Waals surface area contributed by atoms with Crippen molar-refractivity contribution in [3.63, 3.8) is 0 Å². The second-order valence-corrected chi connectivity index (χ2v) is 5.52. The van der Waals surface area contributed by atoms with Crippen LogP contribution in [0.15, 0.2) is 35.5 Å². The number of alkyl halides is 2. The van der Waals surface area contributed by atoms with E-state index in [0.29, 0.717) is 16.8 Å². The Morgan fingerprint density at radius 3 is 2.36 bits per heavy atom. The number of rotatable bonds is 5. The number of benzene rings is 1. The van der Waals surface area contributed by atoms with Crippen molar-refractivity contribution in [2.24, 2.45) is 0 Å². The molecular formula is C17H20F2N2O4. The predicted molar refractivity (Wildman–Crippen MR) is 86.1 cm³/mol. The van der Waals surface area contributed by atoms with Crippen LogP contribution >= 0.6 is 0 Å². The van der Waals surface area contributed by atoms with E-state index in [4.69, 9.17) is 4.74 Å². The number of nitrogens with zero attached hydrogens (tertiary/aromatic N) is 2. The number of urea groups is 1. The quantitative estimate of drug-likeness (QED) is 0.762. The van der Waals surface area contributed by atoms with E-state index in [2.05, 4.69) is 4.74 Å². The smallest absolute Gasteiger partial charge is 0.387 e. The molecule has 0 aromatic heterocycles. The van der Waals surface area contributed by atoms with Crippen molar-refractivity contribution in [3.8, 4) is 5.75 Å². The van der Waals surface area contributed by atoms with Gasteiger partial charge in [-0.25, -0.2) is 9.59 Å². The van der Waals surface area contributed by atoms with Crippen molar-refractivity contribution in [1.29, 1.82) is 0 Å². The number of hydrogen-bond donors (Lipinski definition) is 0. The lowest BCUT2D eigenvalue weighted by Crippen LogP contribution is -2.47. The van der Waals surface area contributed by atoms with Crippen LogP contribution in [0.3, 0.4) is 0 Å². The summed E-state index contributed by atoms with van der Waals surface area (Å²) in [5, 5.41) is 0. The number of halogens is 2. The van der Waals surface area contributed by atoms with Gasteiger partial charge in [-0.1, -0.05) is 12.1 Å². The third-order valence-electron chi connectivity index (χ3n) is 4.06. The number of likely N-dealkylation sites (N-methyl/N-ethyl adjacent to an activating group) is 1. The van der Waals surface area contributed by atoms with Gasteiger partial charge in [0.05, 0.1) is 18.2 Å². The lowest BCUT2D eigenvalue weighted by atomic mass is 9.93. The molecule has 0 fully saturated rings. The summed E-state index contributed by atoms with van der Waals surface area (Å²) >= 11 is 0. The Hall–Kier alpha value is -2.64. The van der Waals surface area contributed by atoms with E-state index in [1.54, 1.807) is 40.1 Å². The third kappa shape index (κ3) is 3.72. The highest BCUT2D eigenvalue weighted by atomic mass is 19.3. The molecule has 0 unspecified atom stereocenters. The van der Waals surface area contributed by atoms with E-state index in [9.17, 15) is 18.4 Å². The van der Waals surface area contributed by atoms with Crippen LogP contribution < -0.4 is 4.74 Å². The molecule has 8 heteroatoms. The summed E-state index contributed by atoms with van der Waals surface area (Å²) in [6.07, 6.45) is 0. The lowest BCUT2D eigenvalue weighted by molar-refractivity contribution is -0.139. The molecule has 25 heavy (non-hydrogen) atoms. The summed E-state index contributed by atoms with van der Waals surface area (Å²) in [7, 11) is 3.14. The highest BCUT2D eigenvalue weighted by molar-refractivity contribution is 5.94. The minimum absolute atomic E-state index is 0.000886. The zero-order valence-corrected chi connectivity index (χ0v) is 14.5. The fourth-order valence-corrected chi connectivity index (χ4v) is 2.75. The van der Waals surface area contributed by atoms with E-state index < -0.39 is 18.6 Å². The van der Waals surface area contributed by atoms with Gasteiger partial charge in [0.25, 0.3) is 0 Å². The fourth-order valence-electron chi connectivity index (χ4n) is 2.75. The molecule has 6 nitrogen and oxygen atoms in total. The van der Waals surface area contributed by atoms with Gasteiger partial charge in [0, 0.05) is 19.8 Å². The van der Waals surface area contributed by atoms with E-state index in [0.717, 1.165) is 0 Å². The first kappa shape index (κ1) is 18.7. The summed E-state index contributed by atoms with van der Waals surface area (Å²) < 4.78 is 34.0. The maximum Gasteiger partial charge on any atom is 0.387 e. The number of amides is 2. The van der Waals surface area contributed by atoms with Gasteiger partial charge >= 0.3 is 18.6 Å². The van der Waals surface area contributed by atoms with Crippen LogP contribution in [0.25, 0.3) is 0 Å². The molecule has 1 aliphatic heterocycles. The summed E-state index contributed by atoms with van der Waals surface area (Å²) in [5.74, 6) is -0.525. The zero-order chi connectivity index (χ0) is 18.7. The molecule has 1 aromatic rings. The van der Waals surface area contributed by atoms with Crippen LogP contribution in [-0.4, -0.2) is 49.1 Å². The van der Waals surface area contributed by atoms with Crippen molar-refractivity contribution in [2.75, 3.05) is 20.7 Å². The highest BCUT2D eigenvalue weighted by Gasteiger charge is 2.39. The van der Waals surface area contributed by atoms with Crippen LogP contribution in [0.5, 0.6) is 5.75 Å². The van der Waals surface area contributed by atoms with Crippen molar-refractivity contribution in [1.82, 2.24) is 9.80 Å². The first-order valence-corrected chi connectivity index (χ1v) is 7.71. The summed E-state index contributed by atoms with van der Waals surface area (Å²) in [4.78, 5) is 27.6. The van der Waals surface area contributed by atoms with Gasteiger partial charge in [0.1, 0.15) is 5.75 Å². The molecule has 1 aromatic carbocycles. The molecule has 2 rings (SSSR count). The van der Waals surface area contributed by atoms with E-state index in [-0.39, 0.29) is 18.4 Å². The van der Waals surface area contributed by atoms with E-state index >= 15 is 0 Å². The maximum absolute atomic E-state index is 12.4. The van der Waals surface area contributed by atoms with Gasteiger partial charge in [-0.3, -0.25) is 0 Å². The second-order valence-electron chi connectivity index (χ2n) is 5.52. The van der Waals surface area contributed by atoms with Gasteiger partial charge in [-0.2, -0.15) is 8.78 Å². The largest absolute Gasteiger partial charge is 0.463 e. The number of hydrogen-bond acceptors (Lipinski definition) is 4. The molecule has 0 bridgehead atoms. The van der Waals surface area contributed by atoms with Gasteiger partial charge in [-0.15, -0.1) is 0 Å². The SMILES string of the molecule is CCOC(=O)C1=C(C)N(C)C(=O)N(C)[C@H]1c1ccc(OC(F)F)cc1. The first-order valence-electron chi connectivity index (χ1n) is 7.71. The Balaban J connectivity index is 2.47. The Labute approximate surface area is 144 Å². The first-order chi connectivity index (χ1) is 11.8. The normalized spacial score (nSPS) is 18.0. The van der Waals surface area contributed by atoms with Crippen LogP contribution in [0.2, 0.25) is 0 Å². The number of allylic oxidation sites excluding steroid dienone is 1. The van der Waals surface area contributed by atoms with Gasteiger partial charge in [-0.05, 0) is 31.5 Å². The Morgan fingerprint density at radius 1 is 1.24 bits per heavy atom. The average Bonchev–Trinajstić information content (AvgIpc) is 2.56. The van der Waals surface area contributed by atoms with Crippen LogP contribution in [-0.2, 0) is 9.53 Å². The molecule has 136 valence electrons. The molecule has 0 radical (unpaired) electrons. The summed E-state index contributed by atoms with van der Waals surface area (Å²) in [5.41, 5.74) is 1.40. The molecule has 0 aliphatic carbocycles. The van der Waals surface area contributed by atoms with Crippen molar-refractivity contribution in [3.05, 3.63) is 41.1 Å². The molecule has 0 saturated carbocycles. The summed E-state index contributed by atoms with van der Waals surface area (Å²) in [6.45, 7) is 0.639. The lowest BCUT2D eigenvalue weighted by Gasteiger charge is -2.39. The number of esters is 1. The zero-order valence-electron chi connectivity index (χ0n) is 14.5. The molecule has 1 aliphatic rings. The third-order valence-corrected chi connectivity index (χ3v) is 4.06. The minimum Gasteiger partial charge on any atom is -0.463 e. The topological polar surface area (TPSA) is 59.1 Å².